The van der Waals surface area contributed by atoms with Gasteiger partial charge in [0.2, 0.25) is 0 Å². The molecule has 3 atom stereocenters. The average Bonchev–Trinajstić information content (AvgIpc) is 3.73. The van der Waals surface area contributed by atoms with Crippen molar-refractivity contribution in [3.63, 3.8) is 0 Å². The van der Waals surface area contributed by atoms with Gasteiger partial charge in [0.05, 0.1) is 22.8 Å². The van der Waals surface area contributed by atoms with Crippen molar-refractivity contribution in [3.8, 4) is 35.4 Å². The first-order valence-corrected chi connectivity index (χ1v) is 15.4. The van der Waals surface area contributed by atoms with Gasteiger partial charge in [-0.15, -0.1) is 6.42 Å². The van der Waals surface area contributed by atoms with Gasteiger partial charge < -0.3 is 20.1 Å². The highest BCUT2D eigenvalue weighted by molar-refractivity contribution is 6.03. The quantitative estimate of drug-likeness (QED) is 0.276. The molecule has 0 spiro atoms. The van der Waals surface area contributed by atoms with Crippen LogP contribution in [0.5, 0.6) is 11.8 Å². The Balaban J connectivity index is 1.29. The molecule has 2 aromatic carbocycles. The molecule has 4 aliphatic heterocycles. The lowest BCUT2D eigenvalue weighted by Crippen LogP contribution is -2.58. The third-order valence-corrected chi connectivity index (χ3v) is 10.0. The van der Waals surface area contributed by atoms with Crippen molar-refractivity contribution in [1.29, 1.82) is 0 Å². The molecule has 2 aromatic heterocycles. The van der Waals surface area contributed by atoms with Crippen LogP contribution in [-0.2, 0) is 0 Å². The molecule has 4 aromatic rings. The summed E-state index contributed by atoms with van der Waals surface area (Å²) in [5.74, 6) is 0.855. The van der Waals surface area contributed by atoms with Crippen LogP contribution < -0.4 is 15.0 Å². The lowest BCUT2D eigenvalue weighted by Gasteiger charge is -2.40. The number of piperazine rings is 1. The fourth-order valence-corrected chi connectivity index (χ4v) is 7.95. The van der Waals surface area contributed by atoms with E-state index in [-0.39, 0.29) is 69.9 Å². The minimum atomic E-state index is -2.31. The van der Waals surface area contributed by atoms with E-state index in [1.807, 2.05) is 4.90 Å². The van der Waals surface area contributed by atoms with Crippen molar-refractivity contribution in [1.82, 2.24) is 25.2 Å². The molecule has 0 aliphatic carbocycles. The lowest BCUT2D eigenvalue weighted by molar-refractivity contribution is 0.108. The maximum absolute atomic E-state index is 16.9. The van der Waals surface area contributed by atoms with Crippen molar-refractivity contribution in [3.05, 3.63) is 59.6 Å². The van der Waals surface area contributed by atoms with Crippen LogP contribution in [0.25, 0.3) is 32.9 Å². The van der Waals surface area contributed by atoms with Crippen LogP contribution >= 0.6 is 0 Å². The first kappa shape index (κ1) is 25.8. The number of pyridine rings is 1. The standard InChI is InChI=1S/C35H33F3N6O2/c1-3-24-27(37)6-5-21-11-23(45)12-25(28(21)24)30-29(38)31-26(15-39-30)32(43-17-22-7-9-34(2,18-43)42-22)41-33(40-31)46-19-35-8-4-10-44(35)16-20(13-35)14-36/h1,5-6,11-12,14-15,22,42,45H,4,7-10,13,16-19H2,2H3/b20-14-/t22?,34?,35-/m0/s1/i2D3. The van der Waals surface area contributed by atoms with Gasteiger partial charge in [-0.3, -0.25) is 9.88 Å². The Bertz CT molecular complexity index is 2110. The van der Waals surface area contributed by atoms with Gasteiger partial charge >= 0.3 is 6.01 Å². The fraction of sp³-hybridized carbons (Fsp3) is 0.400. The Morgan fingerprint density at radius 2 is 2.17 bits per heavy atom. The molecule has 0 radical (unpaired) electrons. The first-order valence-electron chi connectivity index (χ1n) is 16.9. The number of ether oxygens (including phenoxy) is 1. The van der Waals surface area contributed by atoms with Crippen molar-refractivity contribution < 1.29 is 27.1 Å². The van der Waals surface area contributed by atoms with Gasteiger partial charge in [-0.05, 0) is 74.7 Å². The van der Waals surface area contributed by atoms with Crippen LogP contribution in [0, 0.1) is 24.0 Å². The van der Waals surface area contributed by atoms with E-state index in [1.54, 1.807) is 0 Å². The number of fused-ring (bicyclic) bond motifs is 5. The van der Waals surface area contributed by atoms with E-state index < -0.39 is 29.6 Å². The highest BCUT2D eigenvalue weighted by Gasteiger charge is 2.47. The summed E-state index contributed by atoms with van der Waals surface area (Å²) in [6, 6.07) is 5.05. The predicted molar refractivity (Wildman–Crippen MR) is 169 cm³/mol. The molecule has 2 bridgehead atoms. The number of terminal acetylenes is 1. The number of hydrogen-bond donors (Lipinski definition) is 2. The third kappa shape index (κ3) is 4.57. The summed E-state index contributed by atoms with van der Waals surface area (Å²) in [5.41, 5.74) is -1.36. The summed E-state index contributed by atoms with van der Waals surface area (Å²) < 4.78 is 76.6. The van der Waals surface area contributed by atoms with Crippen LogP contribution in [0.2, 0.25) is 0 Å². The second-order valence-electron chi connectivity index (χ2n) is 13.0. The molecule has 4 aliphatic rings. The molecule has 46 heavy (non-hydrogen) atoms. The molecule has 8 rings (SSSR count). The van der Waals surface area contributed by atoms with Gasteiger partial charge in [-0.25, -0.2) is 13.2 Å². The Morgan fingerprint density at radius 1 is 1.28 bits per heavy atom. The molecule has 6 heterocycles. The summed E-state index contributed by atoms with van der Waals surface area (Å²) >= 11 is 0. The summed E-state index contributed by atoms with van der Waals surface area (Å²) in [5, 5.41) is 14.7. The zero-order chi connectivity index (χ0) is 34.3. The highest BCUT2D eigenvalue weighted by Crippen LogP contribution is 2.43. The van der Waals surface area contributed by atoms with Crippen molar-refractivity contribution >= 4 is 27.5 Å². The Morgan fingerprint density at radius 3 is 3.00 bits per heavy atom. The summed E-state index contributed by atoms with van der Waals surface area (Å²) in [4.78, 5) is 17.7. The Kier molecular flexibility index (Phi) is 5.92. The van der Waals surface area contributed by atoms with Crippen LogP contribution in [-0.4, -0.2) is 74.9 Å². The van der Waals surface area contributed by atoms with Crippen LogP contribution in [0.1, 0.15) is 48.6 Å². The molecule has 8 nitrogen and oxygen atoms in total. The summed E-state index contributed by atoms with van der Waals surface area (Å²) in [6.07, 6.45) is 11.0. The largest absolute Gasteiger partial charge is 0.508 e. The normalized spacial score (nSPS) is 28.0. The van der Waals surface area contributed by atoms with E-state index in [0.717, 1.165) is 19.4 Å². The van der Waals surface area contributed by atoms with E-state index in [4.69, 9.17) is 20.3 Å². The van der Waals surface area contributed by atoms with E-state index in [2.05, 4.69) is 26.1 Å². The number of benzene rings is 2. The SMILES string of the molecule is [2H]C([2H])([2H])C12CCC(CN(c3nc(OC[C@@]45CCCN4C/C(=C\F)C5)nc4c(F)c(-c5cc(O)cc6ccc(F)c(C#C)c56)ncc34)C1)N2. The van der Waals surface area contributed by atoms with Crippen LogP contribution in [0.4, 0.5) is 19.0 Å². The predicted octanol–water partition coefficient (Wildman–Crippen LogP) is 5.61. The number of nitrogens with one attached hydrogen (secondary N) is 1. The molecular formula is C35H33F3N6O2. The Labute approximate surface area is 268 Å². The molecule has 236 valence electrons. The number of nitrogens with zero attached hydrogens (tertiary/aromatic N) is 5. The third-order valence-electron chi connectivity index (χ3n) is 10.0. The van der Waals surface area contributed by atoms with Gasteiger partial charge in [-0.2, -0.15) is 9.97 Å². The molecular weight excluding hydrogens is 593 g/mol. The molecule has 2 N–H and O–H groups in total. The molecule has 11 heteroatoms. The van der Waals surface area contributed by atoms with Crippen LogP contribution in [0.3, 0.4) is 0 Å². The summed E-state index contributed by atoms with van der Waals surface area (Å²) in [6.45, 7) is -0.373. The second-order valence-corrected chi connectivity index (χ2v) is 13.0. The number of aromatic nitrogens is 3. The van der Waals surface area contributed by atoms with Gasteiger partial charge in [0, 0.05) is 52.5 Å². The molecule has 2 unspecified atom stereocenters. The van der Waals surface area contributed by atoms with Crippen molar-refractivity contribution in [2.24, 2.45) is 0 Å². The van der Waals surface area contributed by atoms with Gasteiger partial charge in [-0.1, -0.05) is 12.0 Å². The van der Waals surface area contributed by atoms with E-state index in [0.29, 0.717) is 49.6 Å². The smallest absolute Gasteiger partial charge is 0.319 e. The molecule has 4 fully saturated rings. The van der Waals surface area contributed by atoms with Crippen LogP contribution in [0.15, 0.2) is 42.4 Å². The number of phenolic OH excluding ortho intramolecular Hbond substituents is 1. The highest BCUT2D eigenvalue weighted by atomic mass is 19.1. The van der Waals surface area contributed by atoms with Crippen molar-refractivity contribution in [2.75, 3.05) is 37.7 Å². The topological polar surface area (TPSA) is 86.6 Å². The molecule has 0 amide bonds. The van der Waals surface area contributed by atoms with E-state index in [9.17, 15) is 13.9 Å². The lowest BCUT2D eigenvalue weighted by atomic mass is 9.94. The second kappa shape index (κ2) is 10.6. The number of aromatic hydroxyl groups is 1. The summed E-state index contributed by atoms with van der Waals surface area (Å²) in [7, 11) is 0. The van der Waals surface area contributed by atoms with E-state index in [1.165, 1.54) is 30.5 Å². The Hall–Kier alpha value is -4.40. The maximum Gasteiger partial charge on any atom is 0.319 e. The first-order chi connectivity index (χ1) is 23.4. The van der Waals surface area contributed by atoms with Crippen molar-refractivity contribution in [2.45, 2.75) is 56.1 Å². The fourth-order valence-electron chi connectivity index (χ4n) is 7.95. The molecule has 0 saturated carbocycles. The van der Waals surface area contributed by atoms with Gasteiger partial charge in [0.1, 0.15) is 35.2 Å². The number of phenols is 1. The minimum Gasteiger partial charge on any atom is -0.508 e. The zero-order valence-corrected chi connectivity index (χ0v) is 24.9. The maximum atomic E-state index is 16.9. The number of anilines is 1. The zero-order valence-electron chi connectivity index (χ0n) is 27.9. The average molecular weight is 630 g/mol. The number of hydrogen-bond acceptors (Lipinski definition) is 8. The molecule has 4 saturated heterocycles. The number of rotatable bonds is 5. The van der Waals surface area contributed by atoms with E-state index >= 15 is 4.39 Å². The van der Waals surface area contributed by atoms with Gasteiger partial charge in [0.15, 0.2) is 5.82 Å². The van der Waals surface area contributed by atoms with Gasteiger partial charge in [0.25, 0.3) is 0 Å². The monoisotopic (exact) mass is 629 g/mol. The minimum absolute atomic E-state index is 0.0723. The number of halogens is 3.